The van der Waals surface area contributed by atoms with E-state index in [4.69, 9.17) is 11.6 Å². The van der Waals surface area contributed by atoms with Gasteiger partial charge < -0.3 is 14.6 Å². The number of benzene rings is 1. The molecule has 126 valence electrons. The summed E-state index contributed by atoms with van der Waals surface area (Å²) in [6.07, 6.45) is 6.40. The van der Waals surface area contributed by atoms with Crippen molar-refractivity contribution in [3.63, 3.8) is 0 Å². The van der Waals surface area contributed by atoms with Gasteiger partial charge in [0.15, 0.2) is 0 Å². The van der Waals surface area contributed by atoms with Crippen LogP contribution in [0.5, 0.6) is 0 Å². The van der Waals surface area contributed by atoms with Crippen LogP contribution in [0.1, 0.15) is 23.8 Å². The van der Waals surface area contributed by atoms with E-state index in [0.29, 0.717) is 5.92 Å². The molecule has 2 N–H and O–H groups in total. The van der Waals surface area contributed by atoms with E-state index in [2.05, 4.69) is 26.6 Å². The lowest BCUT2D eigenvalue weighted by Gasteiger charge is -2.28. The summed E-state index contributed by atoms with van der Waals surface area (Å²) in [7, 11) is 2.19. The molecule has 3 heterocycles. The number of piperidine rings is 1. The zero-order valence-corrected chi connectivity index (χ0v) is 15.8. The largest absolute Gasteiger partial charge is 0.359 e. The van der Waals surface area contributed by atoms with Gasteiger partial charge in [0.1, 0.15) is 4.21 Å². The molecule has 1 fully saturated rings. The molecule has 1 unspecified atom stereocenters. The number of likely N-dealkylation sites (tertiary alicyclic amines) is 1. The van der Waals surface area contributed by atoms with Crippen molar-refractivity contribution in [1.29, 1.82) is 0 Å². The monoisotopic (exact) mass is 378 g/mol. The molecule has 0 aliphatic carbocycles. The van der Waals surface area contributed by atoms with Crippen molar-refractivity contribution in [1.82, 2.24) is 14.9 Å². The number of fused-ring (bicyclic) bond motifs is 1. The van der Waals surface area contributed by atoms with E-state index >= 15 is 0 Å². The van der Waals surface area contributed by atoms with Gasteiger partial charge in [-0.3, -0.25) is 0 Å². The number of nitrogens with one attached hydrogen (secondary N) is 2. The van der Waals surface area contributed by atoms with Crippen LogP contribution in [-0.4, -0.2) is 35.0 Å². The molecular formula is C17H19ClN4S2. The highest BCUT2D eigenvalue weighted by Crippen LogP contribution is 2.36. The molecule has 1 aromatic carbocycles. The number of halogens is 1. The predicted octanol–water partition coefficient (Wildman–Crippen LogP) is 5.21. The number of anilines is 1. The second-order valence-electron chi connectivity index (χ2n) is 6.18. The molecule has 0 radical (unpaired) electrons. The van der Waals surface area contributed by atoms with Crippen LogP contribution in [0.25, 0.3) is 10.9 Å². The number of aromatic nitrogens is 2. The molecule has 7 heteroatoms. The second kappa shape index (κ2) is 6.96. The number of thiazole rings is 1. The summed E-state index contributed by atoms with van der Waals surface area (Å²) in [6.45, 7) is 2.32. The first-order valence-corrected chi connectivity index (χ1v) is 10.0. The Bertz CT molecular complexity index is 844. The number of nitrogens with zero attached hydrogens (tertiary/aromatic N) is 2. The van der Waals surface area contributed by atoms with Crippen LogP contribution >= 0.6 is 34.9 Å². The van der Waals surface area contributed by atoms with Crippen molar-refractivity contribution >= 4 is 51.5 Å². The maximum atomic E-state index is 6.22. The van der Waals surface area contributed by atoms with E-state index < -0.39 is 0 Å². The van der Waals surface area contributed by atoms with Crippen LogP contribution in [-0.2, 0) is 0 Å². The molecule has 1 aliphatic heterocycles. The van der Waals surface area contributed by atoms with Gasteiger partial charge in [0.25, 0.3) is 0 Å². The van der Waals surface area contributed by atoms with Gasteiger partial charge in [0.2, 0.25) is 0 Å². The number of hydrogen-bond acceptors (Lipinski definition) is 5. The number of likely N-dealkylation sites (N-methyl/N-ethyl adjacent to an activating group) is 1. The highest BCUT2D eigenvalue weighted by molar-refractivity contribution is 8.02. The fourth-order valence-corrected chi connectivity index (χ4v) is 5.22. The van der Waals surface area contributed by atoms with Gasteiger partial charge in [0, 0.05) is 24.0 Å². The van der Waals surface area contributed by atoms with E-state index in [0.717, 1.165) is 28.2 Å². The number of rotatable bonds is 4. The highest BCUT2D eigenvalue weighted by atomic mass is 35.5. The lowest BCUT2D eigenvalue weighted by atomic mass is 9.99. The minimum absolute atomic E-state index is 0.578. The summed E-state index contributed by atoms with van der Waals surface area (Å²) < 4.78 is 4.62. The van der Waals surface area contributed by atoms with Crippen molar-refractivity contribution in [2.45, 2.75) is 23.0 Å². The highest BCUT2D eigenvalue weighted by Gasteiger charge is 2.21. The van der Waals surface area contributed by atoms with Crippen LogP contribution in [0.2, 0.25) is 5.02 Å². The zero-order chi connectivity index (χ0) is 16.5. The van der Waals surface area contributed by atoms with E-state index in [9.17, 15) is 0 Å². The fraction of sp³-hybridized carbons (Fsp3) is 0.353. The van der Waals surface area contributed by atoms with Gasteiger partial charge in [0.05, 0.1) is 27.4 Å². The molecule has 2 aromatic heterocycles. The Hall–Kier alpha value is -1.21. The normalized spacial score (nSPS) is 19.0. The quantitative estimate of drug-likeness (QED) is 0.612. The van der Waals surface area contributed by atoms with Crippen LogP contribution in [0, 0.1) is 0 Å². The Labute approximate surface area is 154 Å². The Kier molecular flexibility index (Phi) is 4.72. The third kappa shape index (κ3) is 3.28. The molecule has 3 aromatic rings. The van der Waals surface area contributed by atoms with Crippen LogP contribution < -0.4 is 4.72 Å². The topological polar surface area (TPSA) is 44.0 Å². The first-order valence-electron chi connectivity index (χ1n) is 8.03. The van der Waals surface area contributed by atoms with Gasteiger partial charge >= 0.3 is 0 Å². The van der Waals surface area contributed by atoms with Crippen molar-refractivity contribution in [3.8, 4) is 0 Å². The Morgan fingerprint density at radius 2 is 2.33 bits per heavy atom. The van der Waals surface area contributed by atoms with Gasteiger partial charge in [-0.15, -0.1) is 11.3 Å². The zero-order valence-electron chi connectivity index (χ0n) is 13.4. The minimum atomic E-state index is 0.578. The molecule has 0 amide bonds. The molecule has 1 aliphatic rings. The van der Waals surface area contributed by atoms with Gasteiger partial charge in [-0.2, -0.15) is 0 Å². The Morgan fingerprint density at radius 3 is 3.21 bits per heavy atom. The van der Waals surface area contributed by atoms with Crippen LogP contribution in [0.15, 0.2) is 34.8 Å². The summed E-state index contributed by atoms with van der Waals surface area (Å²) >= 11 is 9.63. The minimum Gasteiger partial charge on any atom is -0.359 e. The van der Waals surface area contributed by atoms with Gasteiger partial charge in [-0.1, -0.05) is 11.6 Å². The standard InChI is InChI=1S/C17H19ClN4S2/c1-22-8-2-3-11(10-22)17-20-9-15(23-17)24-21-14-5-4-13(18)12-6-7-19-16(12)14/h4-7,9,11,19,21H,2-3,8,10H2,1H3. The van der Waals surface area contributed by atoms with Gasteiger partial charge in [-0.25, -0.2) is 4.98 Å². The van der Waals surface area contributed by atoms with Gasteiger partial charge in [-0.05, 0) is 56.6 Å². The molecular weight excluding hydrogens is 360 g/mol. The summed E-state index contributed by atoms with van der Waals surface area (Å²) in [6, 6.07) is 5.93. The molecule has 1 atom stereocenters. The summed E-state index contributed by atoms with van der Waals surface area (Å²) in [5.41, 5.74) is 2.07. The third-order valence-corrected chi connectivity index (χ3v) is 6.82. The van der Waals surface area contributed by atoms with Crippen LogP contribution in [0.3, 0.4) is 0 Å². The van der Waals surface area contributed by atoms with E-state index in [1.54, 1.807) is 23.3 Å². The second-order valence-corrected chi connectivity index (χ2v) is 8.76. The average Bonchev–Trinajstić information content (AvgIpc) is 3.24. The van der Waals surface area contributed by atoms with Crippen molar-refractivity contribution in [2.24, 2.45) is 0 Å². The van der Waals surface area contributed by atoms with E-state index in [1.165, 1.54) is 28.6 Å². The maximum Gasteiger partial charge on any atom is 0.101 e. The Morgan fingerprint density at radius 1 is 1.42 bits per heavy atom. The lowest BCUT2D eigenvalue weighted by molar-refractivity contribution is 0.250. The molecule has 0 bridgehead atoms. The summed E-state index contributed by atoms with van der Waals surface area (Å²) in [4.78, 5) is 10.3. The average molecular weight is 379 g/mol. The van der Waals surface area contributed by atoms with E-state index in [1.807, 2.05) is 30.6 Å². The van der Waals surface area contributed by atoms with Crippen LogP contribution in [0.4, 0.5) is 5.69 Å². The molecule has 4 nitrogen and oxygen atoms in total. The molecule has 1 saturated heterocycles. The third-order valence-electron chi connectivity index (χ3n) is 4.41. The maximum absolute atomic E-state index is 6.22. The smallest absolute Gasteiger partial charge is 0.101 e. The van der Waals surface area contributed by atoms with Crippen molar-refractivity contribution in [2.75, 3.05) is 24.9 Å². The SMILES string of the molecule is CN1CCCC(c2ncc(SNc3ccc(Cl)c4cc[nH]c34)s2)C1. The van der Waals surface area contributed by atoms with Crippen molar-refractivity contribution < 1.29 is 0 Å². The predicted molar refractivity (Wildman–Crippen MR) is 104 cm³/mol. The molecule has 0 saturated carbocycles. The molecule has 24 heavy (non-hydrogen) atoms. The van der Waals surface area contributed by atoms with Crippen molar-refractivity contribution in [3.05, 3.63) is 40.6 Å². The number of hydrogen-bond donors (Lipinski definition) is 2. The first-order chi connectivity index (χ1) is 11.7. The first kappa shape index (κ1) is 16.3. The lowest BCUT2D eigenvalue weighted by Crippen LogP contribution is -2.30. The summed E-state index contributed by atoms with van der Waals surface area (Å²) in [5, 5.41) is 3.06. The van der Waals surface area contributed by atoms with E-state index in [-0.39, 0.29) is 0 Å². The Balaban J connectivity index is 1.46. The fourth-order valence-electron chi connectivity index (χ4n) is 3.19. The summed E-state index contributed by atoms with van der Waals surface area (Å²) in [5.74, 6) is 0.578. The number of H-pyrrole nitrogens is 1. The number of aromatic amines is 1. The molecule has 4 rings (SSSR count). The molecule has 0 spiro atoms.